The Bertz CT molecular complexity index is 1290. The van der Waals surface area contributed by atoms with E-state index in [1.165, 1.54) is 0 Å². The van der Waals surface area contributed by atoms with Gasteiger partial charge in [0.15, 0.2) is 111 Å². The highest BCUT2D eigenvalue weighted by Crippen LogP contribution is 2.35. The van der Waals surface area contributed by atoms with Crippen LogP contribution in [0.4, 0.5) is 87.8 Å². The fraction of sp³-hybridized carbons (Fsp3) is 0.846. The average molecular weight is 824 g/mol. The van der Waals surface area contributed by atoms with Gasteiger partial charge in [0.2, 0.25) is 0 Å². The van der Waals surface area contributed by atoms with E-state index in [1.54, 1.807) is 0 Å². The second kappa shape index (κ2) is 20.3. The number of aromatic nitrogens is 6. The monoisotopic (exact) mass is 824 g/mol. The van der Waals surface area contributed by atoms with Gasteiger partial charge in [-0.2, -0.15) is 0 Å². The van der Waals surface area contributed by atoms with Crippen molar-refractivity contribution in [3.8, 4) is 0 Å². The molecule has 0 saturated heterocycles. The Morgan fingerprint density at radius 2 is 0.556 bits per heavy atom. The predicted molar refractivity (Wildman–Crippen MR) is 148 cm³/mol. The third-order valence-corrected chi connectivity index (χ3v) is 7.73. The Labute approximate surface area is 294 Å². The number of rotatable bonds is 23. The van der Waals surface area contributed by atoms with Crippen LogP contribution >= 0.6 is 0 Å². The Kier molecular flexibility index (Phi) is 17.7. The Balaban J connectivity index is 2.09. The van der Waals surface area contributed by atoms with Crippen LogP contribution in [0.1, 0.15) is 23.7 Å². The Morgan fingerprint density at radius 3 is 0.778 bits per heavy atom. The summed E-state index contributed by atoms with van der Waals surface area (Å²) in [5.74, 6) is 0. The Morgan fingerprint density at radius 1 is 0.352 bits per heavy atom. The fourth-order valence-corrected chi connectivity index (χ4v) is 4.40. The smallest absolute Gasteiger partial charge is 0.179 e. The van der Waals surface area contributed by atoms with E-state index in [0.29, 0.717) is 0 Å². The lowest BCUT2D eigenvalue weighted by atomic mass is 9.92. The number of hydrogen-bond acceptors (Lipinski definition) is 4. The maximum Gasteiger partial charge on any atom is 0.179 e. The van der Waals surface area contributed by atoms with Crippen molar-refractivity contribution in [3.05, 3.63) is 23.8 Å². The van der Waals surface area contributed by atoms with Crippen LogP contribution in [0, 0.1) is 0 Å². The van der Waals surface area contributed by atoms with Gasteiger partial charge in [-0.25, -0.2) is 87.8 Å². The normalized spacial score (nSPS) is 23.9. The van der Waals surface area contributed by atoms with E-state index >= 15 is 0 Å². The number of hydrogen-bond donors (Lipinski definition) is 0. The van der Waals surface area contributed by atoms with Crippen LogP contribution in [0.25, 0.3) is 0 Å². The standard InChI is InChI=1S/C26H26B2F20N6/c27-1-5(29)9(31)13(35)17(39)21(43)25(47)23(45)19(41)15(37)11(33)7-3-53(51-49-7)54-4-8(50-52-54)12(34)16(38)20(42)24(46)26(48)22(44)18(40)14(36)10(32)6(30)2-28/h3-6,9-26H,1-2H2. The zero-order chi connectivity index (χ0) is 41.5. The third-order valence-electron chi connectivity index (χ3n) is 7.73. The van der Waals surface area contributed by atoms with Crippen molar-refractivity contribution >= 4 is 15.7 Å². The molecule has 0 N–H and O–H groups in total. The molecule has 0 aliphatic rings. The lowest BCUT2D eigenvalue weighted by molar-refractivity contribution is -0.0601. The molecule has 28 heteroatoms. The van der Waals surface area contributed by atoms with Gasteiger partial charge in [0.25, 0.3) is 0 Å². The number of halogens is 20. The lowest BCUT2D eigenvalue weighted by Gasteiger charge is -2.27. The van der Waals surface area contributed by atoms with Gasteiger partial charge in [-0.3, -0.25) is 0 Å². The van der Waals surface area contributed by atoms with E-state index in [-0.39, 0.29) is 22.0 Å². The van der Waals surface area contributed by atoms with Gasteiger partial charge in [0.05, 0.1) is 28.1 Å². The van der Waals surface area contributed by atoms with E-state index < -0.39 is 147 Å². The van der Waals surface area contributed by atoms with Crippen molar-refractivity contribution in [2.75, 3.05) is 0 Å². The SMILES string of the molecule is [B]CC(F)C(F)C(F)C(F)C(F)C(F)C(F)C(F)C(F)C(F)c1cn(-n2cc(C(F)C(F)C(F)C(F)C(F)C(F)C(F)C(F)C(F)C(F)C[B])nn2)nn1. The molecular formula is C26H26B2F20N6. The van der Waals surface area contributed by atoms with Crippen LogP contribution in [-0.2, 0) is 0 Å². The lowest BCUT2D eigenvalue weighted by Crippen LogP contribution is -2.48. The van der Waals surface area contributed by atoms with E-state index in [9.17, 15) is 87.8 Å². The average Bonchev–Trinajstić information content (AvgIpc) is 3.88. The summed E-state index contributed by atoms with van der Waals surface area (Å²) in [4.78, 5) is 0.275. The quantitative estimate of drug-likeness (QED) is 0.0955. The molecule has 2 aromatic rings. The van der Waals surface area contributed by atoms with E-state index in [1.807, 2.05) is 0 Å². The molecule has 2 heterocycles. The Hall–Kier alpha value is -2.99. The van der Waals surface area contributed by atoms with Gasteiger partial charge in [0.1, 0.15) is 23.7 Å². The van der Waals surface area contributed by atoms with Crippen LogP contribution < -0.4 is 0 Å². The highest BCUT2D eigenvalue weighted by atomic mass is 19.2. The molecule has 2 aromatic heterocycles. The predicted octanol–water partition coefficient (Wildman–Crippen LogP) is 6.46. The zero-order valence-corrected chi connectivity index (χ0v) is 26.5. The second-order valence-corrected chi connectivity index (χ2v) is 11.5. The van der Waals surface area contributed by atoms with Crippen molar-refractivity contribution in [1.29, 1.82) is 0 Å². The summed E-state index contributed by atoms with van der Waals surface area (Å²) in [5, 5.41) is 12.0. The molecular weight excluding hydrogens is 798 g/mol. The van der Waals surface area contributed by atoms with E-state index in [4.69, 9.17) is 0 Å². The summed E-state index contributed by atoms with van der Waals surface area (Å²) >= 11 is 0. The highest BCUT2D eigenvalue weighted by molar-refractivity contribution is 6.09. The second-order valence-electron chi connectivity index (χ2n) is 11.5. The van der Waals surface area contributed by atoms with E-state index in [2.05, 4.69) is 36.3 Å². The minimum Gasteiger partial charge on any atom is -0.245 e. The largest absolute Gasteiger partial charge is 0.245 e. The summed E-state index contributed by atoms with van der Waals surface area (Å²) in [6.45, 7) is 0. The first-order chi connectivity index (χ1) is 25.0. The molecule has 0 amide bonds. The maximum atomic E-state index is 14.6. The molecule has 4 radical (unpaired) electrons. The summed E-state index contributed by atoms with van der Waals surface area (Å²) in [6, 6.07) is 0. The molecule has 54 heavy (non-hydrogen) atoms. The van der Waals surface area contributed by atoms with Gasteiger partial charge in [-0.15, -0.1) is 19.8 Å². The van der Waals surface area contributed by atoms with Crippen molar-refractivity contribution in [1.82, 2.24) is 30.2 Å². The molecule has 0 fully saturated rings. The molecule has 0 aliphatic carbocycles. The first kappa shape index (κ1) is 47.2. The zero-order valence-electron chi connectivity index (χ0n) is 26.5. The molecule has 0 saturated carbocycles. The van der Waals surface area contributed by atoms with Gasteiger partial charge >= 0.3 is 0 Å². The van der Waals surface area contributed by atoms with Crippen LogP contribution in [0.15, 0.2) is 12.4 Å². The van der Waals surface area contributed by atoms with Crippen molar-refractivity contribution in [2.24, 2.45) is 0 Å². The number of alkyl halides is 20. The molecule has 0 aromatic carbocycles. The first-order valence-electron chi connectivity index (χ1n) is 15.1. The highest BCUT2D eigenvalue weighted by Gasteiger charge is 2.51. The molecule has 0 bridgehead atoms. The molecule has 2 rings (SSSR count). The summed E-state index contributed by atoms with van der Waals surface area (Å²) in [5.41, 5.74) is -2.68. The fourth-order valence-electron chi connectivity index (χ4n) is 4.40. The maximum absolute atomic E-state index is 14.6. The van der Waals surface area contributed by atoms with Crippen LogP contribution in [0.2, 0.25) is 12.6 Å². The summed E-state index contributed by atoms with van der Waals surface area (Å²) in [6.07, 6.45) is -77.6. The van der Waals surface area contributed by atoms with Gasteiger partial charge in [0, 0.05) is 0 Å². The molecule has 306 valence electrons. The summed E-state index contributed by atoms with van der Waals surface area (Å²) < 4.78 is 280. The first-order valence-corrected chi connectivity index (χ1v) is 15.1. The molecule has 20 atom stereocenters. The molecule has 6 nitrogen and oxygen atoms in total. The summed E-state index contributed by atoms with van der Waals surface area (Å²) in [7, 11) is 9.36. The molecule has 20 unspecified atom stereocenters. The van der Waals surface area contributed by atoms with Crippen molar-refractivity contribution < 1.29 is 87.8 Å². The van der Waals surface area contributed by atoms with Gasteiger partial charge < -0.3 is 0 Å². The molecule has 0 spiro atoms. The minimum absolute atomic E-state index is 0.137. The minimum atomic E-state index is -4.12. The van der Waals surface area contributed by atoms with Gasteiger partial charge in [-0.05, 0) is 10.4 Å². The van der Waals surface area contributed by atoms with Crippen molar-refractivity contribution in [3.63, 3.8) is 0 Å². The third kappa shape index (κ3) is 10.6. The molecule has 0 aliphatic heterocycles. The van der Waals surface area contributed by atoms with Crippen LogP contribution in [0.3, 0.4) is 0 Å². The van der Waals surface area contributed by atoms with Crippen LogP contribution in [0.5, 0.6) is 0 Å². The van der Waals surface area contributed by atoms with Gasteiger partial charge in [-0.1, -0.05) is 12.6 Å². The topological polar surface area (TPSA) is 61.4 Å². The van der Waals surface area contributed by atoms with Crippen LogP contribution in [-0.4, -0.2) is 157 Å². The van der Waals surface area contributed by atoms with Crippen molar-refractivity contribution in [2.45, 2.75) is 136 Å². The van der Waals surface area contributed by atoms with E-state index in [0.717, 1.165) is 0 Å². The number of nitrogens with zero attached hydrogens (tertiary/aromatic N) is 6.